The maximum Gasteiger partial charge on any atom is 0.306 e. The van der Waals surface area contributed by atoms with Crippen LogP contribution in [0.5, 0.6) is 0 Å². The molecule has 400 valence electrons. The number of allylic oxidation sites excluding steroid dienone is 4. The highest BCUT2D eigenvalue weighted by molar-refractivity contribution is 5.71. The number of hydrogen-bond donors (Lipinski definition) is 0. The lowest BCUT2D eigenvalue weighted by Gasteiger charge is -2.18. The van der Waals surface area contributed by atoms with Gasteiger partial charge >= 0.3 is 17.9 Å². The van der Waals surface area contributed by atoms with Crippen LogP contribution in [0.25, 0.3) is 0 Å². The van der Waals surface area contributed by atoms with E-state index in [1.807, 2.05) is 0 Å². The van der Waals surface area contributed by atoms with Crippen molar-refractivity contribution in [1.82, 2.24) is 0 Å². The summed E-state index contributed by atoms with van der Waals surface area (Å²) in [4.78, 5) is 38.2. The number of rotatable bonds is 56. The van der Waals surface area contributed by atoms with E-state index in [9.17, 15) is 14.4 Å². The van der Waals surface area contributed by atoms with Crippen molar-refractivity contribution in [2.24, 2.45) is 0 Å². The molecule has 0 aromatic heterocycles. The van der Waals surface area contributed by atoms with E-state index in [1.165, 1.54) is 231 Å². The summed E-state index contributed by atoms with van der Waals surface area (Å²) in [5, 5.41) is 0. The third kappa shape index (κ3) is 54.8. The van der Waals surface area contributed by atoms with Gasteiger partial charge < -0.3 is 14.2 Å². The van der Waals surface area contributed by atoms with Crippen LogP contribution in [0, 0.1) is 0 Å². The summed E-state index contributed by atoms with van der Waals surface area (Å²) in [7, 11) is 0. The Morgan fingerprint density at radius 2 is 0.485 bits per heavy atom. The van der Waals surface area contributed by atoms with Crippen molar-refractivity contribution in [1.29, 1.82) is 0 Å². The van der Waals surface area contributed by atoms with E-state index >= 15 is 0 Å². The Balaban J connectivity index is 4.29. The van der Waals surface area contributed by atoms with E-state index in [0.717, 1.165) is 64.2 Å². The Labute approximate surface area is 423 Å². The third-order valence-corrected chi connectivity index (χ3v) is 13.7. The van der Waals surface area contributed by atoms with Gasteiger partial charge in [0.25, 0.3) is 0 Å². The number of hydrogen-bond acceptors (Lipinski definition) is 6. The Morgan fingerprint density at radius 1 is 0.279 bits per heavy atom. The highest BCUT2D eigenvalue weighted by atomic mass is 16.6. The van der Waals surface area contributed by atoms with Crippen molar-refractivity contribution < 1.29 is 28.6 Å². The SMILES string of the molecule is CCCCCCC/C=C\CCCCCCCC(=O)OCC(COC(=O)CCCCCCCCCCC/C=C\CCCCCCCCCC)OC(=O)CCCCCCCCCCCCCCCCC. The second-order valence-electron chi connectivity index (χ2n) is 20.6. The molecule has 0 heterocycles. The van der Waals surface area contributed by atoms with Gasteiger partial charge in [-0.3, -0.25) is 14.4 Å². The molecule has 68 heavy (non-hydrogen) atoms. The van der Waals surface area contributed by atoms with Gasteiger partial charge in [-0.15, -0.1) is 0 Å². The largest absolute Gasteiger partial charge is 0.462 e. The fourth-order valence-electron chi connectivity index (χ4n) is 9.08. The van der Waals surface area contributed by atoms with Crippen LogP contribution in [-0.4, -0.2) is 37.2 Å². The number of unbranched alkanes of at least 4 members (excludes halogenated alkanes) is 41. The van der Waals surface area contributed by atoms with Crippen LogP contribution < -0.4 is 0 Å². The second kappa shape index (κ2) is 57.5. The molecule has 0 saturated carbocycles. The van der Waals surface area contributed by atoms with E-state index in [-0.39, 0.29) is 31.1 Å². The molecular formula is C62H116O6. The fraction of sp³-hybridized carbons (Fsp3) is 0.887. The molecule has 0 aliphatic heterocycles. The smallest absolute Gasteiger partial charge is 0.306 e. The fourth-order valence-corrected chi connectivity index (χ4v) is 9.08. The zero-order chi connectivity index (χ0) is 49.3. The van der Waals surface area contributed by atoms with Gasteiger partial charge in [0.2, 0.25) is 0 Å². The van der Waals surface area contributed by atoms with Gasteiger partial charge in [-0.1, -0.05) is 270 Å². The van der Waals surface area contributed by atoms with Crippen molar-refractivity contribution in [2.45, 2.75) is 341 Å². The molecule has 0 aliphatic carbocycles. The Morgan fingerprint density at radius 3 is 0.735 bits per heavy atom. The quantitative estimate of drug-likeness (QED) is 0.0262. The summed E-state index contributed by atoms with van der Waals surface area (Å²) in [6.07, 6.45) is 67.4. The lowest BCUT2D eigenvalue weighted by molar-refractivity contribution is -0.167. The molecule has 0 bridgehead atoms. The predicted octanol–water partition coefficient (Wildman–Crippen LogP) is 20.3. The van der Waals surface area contributed by atoms with E-state index in [2.05, 4.69) is 45.1 Å². The zero-order valence-electron chi connectivity index (χ0n) is 45.9. The average molecular weight is 958 g/mol. The first-order chi connectivity index (χ1) is 33.5. The van der Waals surface area contributed by atoms with Crippen LogP contribution in [-0.2, 0) is 28.6 Å². The molecule has 0 spiro atoms. The molecule has 0 fully saturated rings. The molecule has 0 aliphatic rings. The van der Waals surface area contributed by atoms with Gasteiger partial charge in [-0.05, 0) is 70.6 Å². The summed E-state index contributed by atoms with van der Waals surface area (Å²) < 4.78 is 16.9. The van der Waals surface area contributed by atoms with Crippen molar-refractivity contribution in [3.63, 3.8) is 0 Å². The lowest BCUT2D eigenvalue weighted by Crippen LogP contribution is -2.30. The topological polar surface area (TPSA) is 78.9 Å². The summed E-state index contributed by atoms with van der Waals surface area (Å²) in [5.41, 5.74) is 0. The van der Waals surface area contributed by atoms with E-state index in [0.29, 0.717) is 19.3 Å². The molecule has 0 radical (unpaired) electrons. The minimum atomic E-state index is -0.771. The van der Waals surface area contributed by atoms with Gasteiger partial charge in [0.1, 0.15) is 13.2 Å². The molecule has 0 amide bonds. The summed E-state index contributed by atoms with van der Waals surface area (Å²) in [6, 6.07) is 0. The number of esters is 3. The standard InChI is InChI=1S/C62H116O6/c1-4-7-10-13-16-19-22-25-28-29-30-31-32-33-35-37-40-43-46-49-52-55-61(64)67-58-59(57-66-60(63)54-51-48-45-42-39-36-27-24-21-18-15-12-9-6-3)68-62(65)56-53-50-47-44-41-38-34-26-23-20-17-14-11-8-5-2/h24,27,29-30,59H,4-23,25-26,28,31-58H2,1-3H3/b27-24-,30-29-. The van der Waals surface area contributed by atoms with E-state index < -0.39 is 6.10 Å². The van der Waals surface area contributed by atoms with Crippen LogP contribution in [0.2, 0.25) is 0 Å². The van der Waals surface area contributed by atoms with Crippen LogP contribution >= 0.6 is 0 Å². The Bertz CT molecular complexity index is 1100. The maximum absolute atomic E-state index is 12.9. The lowest BCUT2D eigenvalue weighted by atomic mass is 10.0. The maximum atomic E-state index is 12.9. The Kier molecular flexibility index (Phi) is 55.7. The molecule has 6 heteroatoms. The average Bonchev–Trinajstić information content (AvgIpc) is 3.34. The van der Waals surface area contributed by atoms with Crippen molar-refractivity contribution in [2.75, 3.05) is 13.2 Å². The van der Waals surface area contributed by atoms with Gasteiger partial charge in [-0.2, -0.15) is 0 Å². The highest BCUT2D eigenvalue weighted by Crippen LogP contribution is 2.17. The molecule has 0 rings (SSSR count). The predicted molar refractivity (Wildman–Crippen MR) is 293 cm³/mol. The molecule has 1 unspecified atom stereocenters. The zero-order valence-corrected chi connectivity index (χ0v) is 45.9. The van der Waals surface area contributed by atoms with Gasteiger partial charge in [-0.25, -0.2) is 0 Å². The first-order valence-electron chi connectivity index (χ1n) is 30.3. The minimum absolute atomic E-state index is 0.0704. The van der Waals surface area contributed by atoms with Gasteiger partial charge in [0.15, 0.2) is 6.10 Å². The summed E-state index contributed by atoms with van der Waals surface area (Å²) >= 11 is 0. The normalized spacial score (nSPS) is 12.1. The Hall–Kier alpha value is -2.11. The van der Waals surface area contributed by atoms with Crippen LogP contribution in [0.1, 0.15) is 335 Å². The summed E-state index contributed by atoms with van der Waals surface area (Å²) in [5.74, 6) is -0.859. The molecule has 0 aromatic rings. The molecule has 1 atom stereocenters. The van der Waals surface area contributed by atoms with Gasteiger partial charge in [0.05, 0.1) is 0 Å². The molecular weight excluding hydrogens is 841 g/mol. The third-order valence-electron chi connectivity index (χ3n) is 13.7. The molecule has 0 saturated heterocycles. The van der Waals surface area contributed by atoms with Gasteiger partial charge in [0, 0.05) is 19.3 Å². The first kappa shape index (κ1) is 65.9. The molecule has 6 nitrogen and oxygen atoms in total. The summed E-state index contributed by atoms with van der Waals surface area (Å²) in [6.45, 7) is 6.68. The molecule has 0 N–H and O–H groups in total. The number of carbonyl (C=O) groups excluding carboxylic acids is 3. The number of carbonyl (C=O) groups is 3. The minimum Gasteiger partial charge on any atom is -0.462 e. The number of ether oxygens (including phenoxy) is 3. The highest BCUT2D eigenvalue weighted by Gasteiger charge is 2.19. The van der Waals surface area contributed by atoms with Crippen LogP contribution in [0.4, 0.5) is 0 Å². The van der Waals surface area contributed by atoms with Crippen LogP contribution in [0.3, 0.4) is 0 Å². The van der Waals surface area contributed by atoms with E-state index in [1.54, 1.807) is 0 Å². The van der Waals surface area contributed by atoms with Crippen molar-refractivity contribution in [3.05, 3.63) is 24.3 Å². The monoisotopic (exact) mass is 957 g/mol. The first-order valence-corrected chi connectivity index (χ1v) is 30.3. The second-order valence-corrected chi connectivity index (χ2v) is 20.6. The van der Waals surface area contributed by atoms with E-state index in [4.69, 9.17) is 14.2 Å². The molecule has 0 aromatic carbocycles. The van der Waals surface area contributed by atoms with Crippen molar-refractivity contribution in [3.8, 4) is 0 Å². The van der Waals surface area contributed by atoms with Crippen LogP contribution in [0.15, 0.2) is 24.3 Å². The van der Waals surface area contributed by atoms with Crippen molar-refractivity contribution >= 4 is 17.9 Å².